The van der Waals surface area contributed by atoms with Crippen molar-refractivity contribution in [3.05, 3.63) is 41.8 Å². The number of fused-ring (bicyclic) bond motifs is 1. The molecule has 1 aliphatic heterocycles. The molecule has 0 saturated carbocycles. The number of carbonyl (C=O) groups is 1. The van der Waals surface area contributed by atoms with Gasteiger partial charge in [0.1, 0.15) is 29.3 Å². The minimum Gasteiger partial charge on any atom is -0.442 e. The highest BCUT2D eigenvalue weighted by molar-refractivity contribution is 7.15. The molecule has 5 rings (SSSR count). The summed E-state index contributed by atoms with van der Waals surface area (Å²) in [5.74, 6) is 0.683. The van der Waals surface area contributed by atoms with Crippen LogP contribution in [0.4, 0.5) is 27.1 Å². The Bertz CT molecular complexity index is 1520. The lowest BCUT2D eigenvalue weighted by Crippen LogP contribution is -2.27. The van der Waals surface area contributed by atoms with Gasteiger partial charge >= 0.3 is 6.09 Å². The molecule has 1 aliphatic rings. The van der Waals surface area contributed by atoms with Gasteiger partial charge < -0.3 is 19.5 Å². The largest absolute Gasteiger partial charge is 0.442 e. The van der Waals surface area contributed by atoms with Crippen molar-refractivity contribution in [1.29, 1.82) is 0 Å². The van der Waals surface area contributed by atoms with Crippen LogP contribution in [0.3, 0.4) is 0 Å². The number of nitrogens with one attached hydrogen (secondary N) is 1. The zero-order valence-electron chi connectivity index (χ0n) is 25.0. The molecular weight excluding hydrogens is 573 g/mol. The number of hydrogen-bond acceptors (Lipinski definition) is 12. The third-order valence-corrected chi connectivity index (χ3v) is 9.08. The molecule has 1 saturated heterocycles. The van der Waals surface area contributed by atoms with Crippen molar-refractivity contribution in [2.75, 3.05) is 30.2 Å². The molecule has 224 valence electrons. The molecule has 5 heterocycles. The fourth-order valence-corrected chi connectivity index (χ4v) is 5.85. The van der Waals surface area contributed by atoms with E-state index in [1.807, 2.05) is 43.9 Å². The molecule has 1 fully saturated rings. The molecule has 4 aromatic rings. The average Bonchev–Trinajstić information content (AvgIpc) is 3.69. The van der Waals surface area contributed by atoms with Gasteiger partial charge in [-0.3, -0.25) is 9.88 Å². The van der Waals surface area contributed by atoms with E-state index in [1.54, 1.807) is 18.6 Å². The third kappa shape index (κ3) is 7.88. The Morgan fingerprint density at radius 1 is 1.19 bits per heavy atom. The van der Waals surface area contributed by atoms with Crippen molar-refractivity contribution in [2.45, 2.75) is 71.0 Å². The molecule has 4 aromatic heterocycles. The number of carbonyl (C=O) groups excluding carboxylic acids is 1. The van der Waals surface area contributed by atoms with Crippen molar-refractivity contribution >= 4 is 58.9 Å². The highest BCUT2D eigenvalue weighted by atomic mass is 32.1. The summed E-state index contributed by atoms with van der Waals surface area (Å²) in [6, 6.07) is 6.81. The number of aromatic nitrogens is 6. The normalized spacial score (nSPS) is 15.7. The number of hydrogen-bond donors (Lipinski definition) is 1. The van der Waals surface area contributed by atoms with Gasteiger partial charge in [0, 0.05) is 21.3 Å². The zero-order valence-corrected chi connectivity index (χ0v) is 26.8. The van der Waals surface area contributed by atoms with E-state index in [-0.39, 0.29) is 6.10 Å². The predicted octanol–water partition coefficient (Wildman–Crippen LogP) is 6.51. The van der Waals surface area contributed by atoms with Gasteiger partial charge in [-0.1, -0.05) is 31.0 Å². The summed E-state index contributed by atoms with van der Waals surface area (Å²) in [5, 5.41) is 17.9. The van der Waals surface area contributed by atoms with Crippen LogP contribution < -0.4 is 10.2 Å². The quantitative estimate of drug-likeness (QED) is 0.120. The minimum absolute atomic E-state index is 0.00650. The van der Waals surface area contributed by atoms with Gasteiger partial charge in [-0.2, -0.15) is 9.78 Å². The van der Waals surface area contributed by atoms with Crippen molar-refractivity contribution in [1.82, 2.24) is 29.9 Å². The number of ether oxygens (including phenoxy) is 3. The molecule has 0 aliphatic carbocycles. The monoisotopic (exact) mass is 610 g/mol. The first-order chi connectivity index (χ1) is 19.9. The lowest BCUT2D eigenvalue weighted by molar-refractivity contribution is 0.0514. The van der Waals surface area contributed by atoms with Crippen LogP contribution in [0.15, 0.2) is 36.8 Å². The van der Waals surface area contributed by atoms with Crippen LogP contribution in [-0.4, -0.2) is 69.7 Å². The summed E-state index contributed by atoms with van der Waals surface area (Å²) in [6.45, 7) is 14.2. The maximum atomic E-state index is 12.3. The molecule has 0 amide bonds. The summed E-state index contributed by atoms with van der Waals surface area (Å²) >= 11 is 1.51. The first-order valence-corrected chi connectivity index (χ1v) is 18.6. The fraction of sp³-hybridized carbons (Fsp3) is 0.500. The Morgan fingerprint density at radius 3 is 2.76 bits per heavy atom. The van der Waals surface area contributed by atoms with E-state index in [1.165, 1.54) is 11.3 Å². The van der Waals surface area contributed by atoms with Crippen LogP contribution in [0.5, 0.6) is 0 Å². The molecule has 14 heteroatoms. The number of pyridine rings is 2. The lowest BCUT2D eigenvalue weighted by atomic mass is 10.2. The molecule has 42 heavy (non-hydrogen) atoms. The van der Waals surface area contributed by atoms with Crippen LogP contribution >= 0.6 is 11.3 Å². The Kier molecular flexibility index (Phi) is 8.87. The molecule has 0 bridgehead atoms. The van der Waals surface area contributed by atoms with E-state index in [9.17, 15) is 4.79 Å². The molecule has 1 N–H and O–H groups in total. The summed E-state index contributed by atoms with van der Waals surface area (Å²) in [4.78, 5) is 23.8. The van der Waals surface area contributed by atoms with Crippen LogP contribution in [0.1, 0.15) is 44.7 Å². The molecule has 0 spiro atoms. The Labute approximate surface area is 250 Å². The van der Waals surface area contributed by atoms with E-state index < -0.39 is 19.8 Å². The van der Waals surface area contributed by atoms with Gasteiger partial charge in [0.05, 0.1) is 41.0 Å². The van der Waals surface area contributed by atoms with Gasteiger partial charge in [-0.05, 0) is 57.9 Å². The first-order valence-electron chi connectivity index (χ1n) is 14.1. The maximum absolute atomic E-state index is 12.3. The van der Waals surface area contributed by atoms with Gasteiger partial charge in [0.15, 0.2) is 0 Å². The van der Waals surface area contributed by atoms with Crippen LogP contribution in [0.2, 0.25) is 25.7 Å². The Balaban J connectivity index is 1.37. The summed E-state index contributed by atoms with van der Waals surface area (Å²) in [6.07, 6.45) is 6.26. The van der Waals surface area contributed by atoms with E-state index in [0.29, 0.717) is 41.2 Å². The summed E-state index contributed by atoms with van der Waals surface area (Å²) in [5.41, 5.74) is 2.13. The molecule has 1 unspecified atom stereocenters. The van der Waals surface area contributed by atoms with E-state index in [0.717, 1.165) is 40.7 Å². The van der Waals surface area contributed by atoms with Crippen molar-refractivity contribution in [2.24, 2.45) is 0 Å². The smallest absolute Gasteiger partial charge is 0.435 e. The van der Waals surface area contributed by atoms with Crippen LogP contribution in [-0.2, 0) is 14.2 Å². The number of rotatable bonds is 10. The summed E-state index contributed by atoms with van der Waals surface area (Å²) < 4.78 is 18.5. The zero-order chi connectivity index (χ0) is 29.9. The second-order valence-electron chi connectivity index (χ2n) is 12.4. The van der Waals surface area contributed by atoms with E-state index >= 15 is 0 Å². The maximum Gasteiger partial charge on any atom is 0.435 e. The molecule has 0 aromatic carbocycles. The Morgan fingerprint density at radius 2 is 2.02 bits per heavy atom. The molecule has 1 atom stereocenters. The second kappa shape index (κ2) is 12.4. The predicted molar refractivity (Wildman–Crippen MR) is 166 cm³/mol. The molecule has 0 radical (unpaired) electrons. The van der Waals surface area contributed by atoms with Crippen molar-refractivity contribution in [3.63, 3.8) is 0 Å². The summed E-state index contributed by atoms with van der Waals surface area (Å²) in [7, 11) is -1.24. The number of nitrogens with zero attached hydrogens (tertiary/aromatic N) is 7. The van der Waals surface area contributed by atoms with Crippen molar-refractivity contribution in [3.8, 4) is 0 Å². The molecule has 12 nitrogen and oxygen atoms in total. The van der Waals surface area contributed by atoms with Crippen LogP contribution in [0, 0.1) is 0 Å². The van der Waals surface area contributed by atoms with E-state index in [2.05, 4.69) is 45.2 Å². The Hall–Kier alpha value is -3.46. The van der Waals surface area contributed by atoms with Crippen molar-refractivity contribution < 1.29 is 19.0 Å². The standard InChI is InChI=1S/C28H38N8O4SSi/c1-28(2,3)40-27(37)36-17-20(16-30-36)31-19-14-22-21(29-15-19)9-10-24(32-22)35(18-38-12-13-42(4,5)6)26-34-33-25(41-26)23-8-7-11-39-23/h9-10,14-17,23,31H,7-8,11-13,18H2,1-6H3. The molecular formula is C28H38N8O4SSi. The lowest BCUT2D eigenvalue weighted by Gasteiger charge is -2.22. The second-order valence-corrected chi connectivity index (χ2v) is 19.0. The number of anilines is 4. The SMILES string of the molecule is CC(C)(C)OC(=O)n1cc(Nc2cnc3ccc(N(COCC[Si](C)(C)C)c4nnc(C5CCCO5)s4)nc3c2)cn1. The van der Waals surface area contributed by atoms with Gasteiger partial charge in [-0.25, -0.2) is 9.78 Å². The van der Waals surface area contributed by atoms with Crippen LogP contribution in [0.25, 0.3) is 11.0 Å². The van der Waals surface area contributed by atoms with Gasteiger partial charge in [0.25, 0.3) is 0 Å². The fourth-order valence-electron chi connectivity index (χ4n) is 4.17. The van der Waals surface area contributed by atoms with Gasteiger partial charge in [0.2, 0.25) is 5.13 Å². The van der Waals surface area contributed by atoms with E-state index in [4.69, 9.17) is 19.2 Å². The topological polar surface area (TPSA) is 129 Å². The highest BCUT2D eigenvalue weighted by Gasteiger charge is 2.25. The third-order valence-electron chi connectivity index (χ3n) is 6.33. The van der Waals surface area contributed by atoms with Gasteiger partial charge in [-0.15, -0.1) is 10.2 Å². The highest BCUT2D eigenvalue weighted by Crippen LogP contribution is 2.35. The minimum atomic E-state index is -1.24. The first kappa shape index (κ1) is 30.0. The average molecular weight is 611 g/mol.